The van der Waals surface area contributed by atoms with Gasteiger partial charge in [0.2, 0.25) is 5.91 Å². The maximum Gasteiger partial charge on any atom is 0.227 e. The molecule has 3 N–H and O–H groups in total. The molecule has 0 radical (unpaired) electrons. The smallest absolute Gasteiger partial charge is 0.227 e. The van der Waals surface area contributed by atoms with Crippen LogP contribution in [0.2, 0.25) is 0 Å². The molecule has 0 aromatic rings. The molecule has 1 amide bonds. The number of carbonyl (C=O) groups is 1. The summed E-state index contributed by atoms with van der Waals surface area (Å²) in [7, 11) is 0. The van der Waals surface area contributed by atoms with Crippen molar-refractivity contribution in [3.05, 3.63) is 0 Å². The average molecular weight is 266 g/mol. The Balaban J connectivity index is 1.69. The highest BCUT2D eigenvalue weighted by atomic mass is 16.2. The fourth-order valence-electron chi connectivity index (χ4n) is 4.12. The van der Waals surface area contributed by atoms with Gasteiger partial charge in [-0.25, -0.2) is 0 Å². The molecule has 2 fully saturated rings. The zero-order valence-corrected chi connectivity index (χ0v) is 12.6. The summed E-state index contributed by atoms with van der Waals surface area (Å²) in [4.78, 5) is 12.2. The van der Waals surface area contributed by atoms with Gasteiger partial charge in [0.25, 0.3) is 0 Å². The predicted molar refractivity (Wildman–Crippen MR) is 78.6 cm³/mol. The molecule has 0 bridgehead atoms. The zero-order chi connectivity index (χ0) is 13.9. The lowest BCUT2D eigenvalue weighted by Gasteiger charge is -2.44. The molecule has 0 aliphatic heterocycles. The second-order valence-corrected chi connectivity index (χ2v) is 7.18. The van der Waals surface area contributed by atoms with Crippen molar-refractivity contribution < 1.29 is 4.79 Å². The van der Waals surface area contributed by atoms with E-state index in [1.165, 1.54) is 25.7 Å². The lowest BCUT2D eigenvalue weighted by molar-refractivity contribution is -0.138. The van der Waals surface area contributed by atoms with Crippen molar-refractivity contribution in [2.75, 3.05) is 13.1 Å². The van der Waals surface area contributed by atoms with Crippen molar-refractivity contribution in [3.8, 4) is 0 Å². The number of amides is 1. The van der Waals surface area contributed by atoms with E-state index in [1.54, 1.807) is 0 Å². The van der Waals surface area contributed by atoms with Gasteiger partial charge in [-0.05, 0) is 43.4 Å². The summed E-state index contributed by atoms with van der Waals surface area (Å²) in [6.45, 7) is 5.89. The van der Waals surface area contributed by atoms with Crippen LogP contribution in [0, 0.1) is 23.2 Å². The minimum absolute atomic E-state index is 0.206. The quantitative estimate of drug-likeness (QED) is 0.804. The van der Waals surface area contributed by atoms with Gasteiger partial charge in [0.05, 0.1) is 5.41 Å². The number of rotatable bonds is 5. The Hall–Kier alpha value is -0.570. The van der Waals surface area contributed by atoms with Gasteiger partial charge in [0, 0.05) is 13.1 Å². The van der Waals surface area contributed by atoms with E-state index in [9.17, 15) is 4.79 Å². The summed E-state index contributed by atoms with van der Waals surface area (Å²) in [6.07, 6.45) is 8.52. The summed E-state index contributed by atoms with van der Waals surface area (Å²) in [6, 6.07) is 0. The molecule has 0 heterocycles. The summed E-state index contributed by atoms with van der Waals surface area (Å²) in [5.41, 5.74) is 5.57. The topological polar surface area (TPSA) is 55.1 Å². The highest BCUT2D eigenvalue weighted by Crippen LogP contribution is 2.44. The monoisotopic (exact) mass is 266 g/mol. The third kappa shape index (κ3) is 3.50. The van der Waals surface area contributed by atoms with Crippen LogP contribution in [0.25, 0.3) is 0 Å². The standard InChI is InChI=1S/C16H30N2O/c1-12-4-3-5-14(8-12)6-7-18-15(19)16(11-17)9-13(2)10-16/h12-14H,3-11,17H2,1-2H3,(H,18,19). The molecule has 0 spiro atoms. The molecule has 19 heavy (non-hydrogen) atoms. The van der Waals surface area contributed by atoms with Crippen molar-refractivity contribution in [2.24, 2.45) is 28.9 Å². The van der Waals surface area contributed by atoms with Gasteiger partial charge in [-0.2, -0.15) is 0 Å². The molecule has 2 aliphatic rings. The van der Waals surface area contributed by atoms with Crippen molar-refractivity contribution >= 4 is 5.91 Å². The van der Waals surface area contributed by atoms with Crippen LogP contribution in [0.15, 0.2) is 0 Å². The summed E-state index contributed by atoms with van der Waals surface area (Å²) in [5, 5.41) is 3.14. The third-order valence-electron chi connectivity index (χ3n) is 5.23. The first-order chi connectivity index (χ1) is 9.05. The predicted octanol–water partition coefficient (Wildman–Crippen LogP) is 2.69. The molecule has 2 saturated carbocycles. The summed E-state index contributed by atoms with van der Waals surface area (Å²) >= 11 is 0. The SMILES string of the molecule is CC1CCCC(CCNC(=O)C2(CN)CC(C)C2)C1. The lowest BCUT2D eigenvalue weighted by Crippen LogP contribution is -2.53. The second kappa shape index (κ2) is 6.25. The molecule has 110 valence electrons. The highest BCUT2D eigenvalue weighted by Gasteiger charge is 2.46. The molecule has 2 aliphatic carbocycles. The molecular weight excluding hydrogens is 236 g/mol. The molecule has 0 aromatic carbocycles. The number of hydrogen-bond acceptors (Lipinski definition) is 2. The second-order valence-electron chi connectivity index (χ2n) is 7.18. The van der Waals surface area contributed by atoms with E-state index in [0.29, 0.717) is 12.5 Å². The van der Waals surface area contributed by atoms with E-state index in [0.717, 1.165) is 37.6 Å². The molecule has 2 unspecified atom stereocenters. The molecule has 0 saturated heterocycles. The van der Waals surface area contributed by atoms with Gasteiger partial charge in [-0.1, -0.05) is 33.1 Å². The van der Waals surface area contributed by atoms with Crippen LogP contribution in [0.1, 0.15) is 58.8 Å². The van der Waals surface area contributed by atoms with Crippen LogP contribution in [-0.4, -0.2) is 19.0 Å². The van der Waals surface area contributed by atoms with E-state index < -0.39 is 0 Å². The van der Waals surface area contributed by atoms with Gasteiger partial charge in [0.15, 0.2) is 0 Å². The molecule has 3 heteroatoms. The maximum absolute atomic E-state index is 12.2. The fourth-order valence-corrected chi connectivity index (χ4v) is 4.12. The van der Waals surface area contributed by atoms with Crippen LogP contribution in [0.3, 0.4) is 0 Å². The number of carbonyl (C=O) groups excluding carboxylic acids is 1. The van der Waals surface area contributed by atoms with Crippen LogP contribution in [-0.2, 0) is 4.79 Å². The van der Waals surface area contributed by atoms with Crippen LogP contribution < -0.4 is 11.1 Å². The van der Waals surface area contributed by atoms with E-state index in [1.807, 2.05) is 0 Å². The van der Waals surface area contributed by atoms with Crippen molar-refractivity contribution in [1.82, 2.24) is 5.32 Å². The first kappa shape index (κ1) is 14.8. The minimum atomic E-state index is -0.237. The van der Waals surface area contributed by atoms with Crippen molar-refractivity contribution in [3.63, 3.8) is 0 Å². The Morgan fingerprint density at radius 1 is 1.26 bits per heavy atom. The lowest BCUT2D eigenvalue weighted by atomic mass is 9.62. The first-order valence-electron chi connectivity index (χ1n) is 8.04. The summed E-state index contributed by atoms with van der Waals surface area (Å²) < 4.78 is 0. The van der Waals surface area contributed by atoms with Crippen molar-refractivity contribution in [1.29, 1.82) is 0 Å². The average Bonchev–Trinajstić information content (AvgIpc) is 2.34. The van der Waals surface area contributed by atoms with Gasteiger partial charge in [0.1, 0.15) is 0 Å². The normalized spacial score (nSPS) is 38.6. The molecule has 3 nitrogen and oxygen atoms in total. The Morgan fingerprint density at radius 2 is 2.00 bits per heavy atom. The Labute approximate surface area is 117 Å². The largest absolute Gasteiger partial charge is 0.356 e. The zero-order valence-electron chi connectivity index (χ0n) is 12.6. The van der Waals surface area contributed by atoms with E-state index in [2.05, 4.69) is 19.2 Å². The molecule has 0 aromatic heterocycles. The Kier molecular flexibility index (Phi) is 4.88. The van der Waals surface area contributed by atoms with Gasteiger partial charge < -0.3 is 11.1 Å². The molecule has 2 rings (SSSR count). The Bertz CT molecular complexity index is 310. The van der Waals surface area contributed by atoms with E-state index in [4.69, 9.17) is 5.73 Å². The van der Waals surface area contributed by atoms with Crippen LogP contribution in [0.4, 0.5) is 0 Å². The molecular formula is C16H30N2O. The summed E-state index contributed by atoms with van der Waals surface area (Å²) in [5.74, 6) is 2.56. The first-order valence-corrected chi connectivity index (χ1v) is 8.04. The van der Waals surface area contributed by atoms with E-state index >= 15 is 0 Å². The van der Waals surface area contributed by atoms with Crippen LogP contribution >= 0.6 is 0 Å². The number of hydrogen-bond donors (Lipinski definition) is 2. The maximum atomic E-state index is 12.2. The Morgan fingerprint density at radius 3 is 2.58 bits per heavy atom. The number of nitrogens with two attached hydrogens (primary N) is 1. The minimum Gasteiger partial charge on any atom is -0.356 e. The van der Waals surface area contributed by atoms with Gasteiger partial charge in [-0.15, -0.1) is 0 Å². The highest BCUT2D eigenvalue weighted by molar-refractivity contribution is 5.83. The van der Waals surface area contributed by atoms with E-state index in [-0.39, 0.29) is 11.3 Å². The van der Waals surface area contributed by atoms with Gasteiger partial charge >= 0.3 is 0 Å². The molecule has 2 atom stereocenters. The fraction of sp³-hybridized carbons (Fsp3) is 0.938. The third-order valence-corrected chi connectivity index (χ3v) is 5.23. The van der Waals surface area contributed by atoms with Gasteiger partial charge in [-0.3, -0.25) is 4.79 Å². The van der Waals surface area contributed by atoms with Crippen molar-refractivity contribution in [2.45, 2.75) is 58.8 Å². The number of nitrogens with one attached hydrogen (secondary N) is 1. The van der Waals surface area contributed by atoms with Crippen LogP contribution in [0.5, 0.6) is 0 Å².